The van der Waals surface area contributed by atoms with Gasteiger partial charge in [-0.15, -0.1) is 11.3 Å². The van der Waals surface area contributed by atoms with E-state index in [9.17, 15) is 0 Å². The van der Waals surface area contributed by atoms with Gasteiger partial charge in [-0.05, 0) is 37.1 Å². The Balaban J connectivity index is 1.89. The molecule has 0 saturated heterocycles. The Bertz CT molecular complexity index is 1160. The fraction of sp³-hybridized carbons (Fsp3) is 0.143. The molecule has 7 heteroatoms. The standard InChI is InChI=1S/C21H18N6S/c1-13(22)17(23)19-20-18(26-21(27-19)14-7-10-24-11-8-14)15(12-28-20)5-6-16-4-2-3-9-25-16/h2-4,7-13,17H,22-23H2,1H3. The van der Waals surface area contributed by atoms with Crippen LogP contribution in [0.15, 0.2) is 54.3 Å². The maximum Gasteiger partial charge on any atom is 0.160 e. The van der Waals surface area contributed by atoms with Crippen molar-refractivity contribution in [1.29, 1.82) is 0 Å². The van der Waals surface area contributed by atoms with Crippen molar-refractivity contribution in [3.05, 3.63) is 71.3 Å². The number of thiophene rings is 1. The van der Waals surface area contributed by atoms with Gasteiger partial charge in [0, 0.05) is 35.6 Å². The Morgan fingerprint density at radius 1 is 1.00 bits per heavy atom. The first kappa shape index (κ1) is 18.2. The molecule has 4 aromatic rings. The van der Waals surface area contributed by atoms with Crippen molar-refractivity contribution in [2.24, 2.45) is 11.5 Å². The van der Waals surface area contributed by atoms with E-state index in [0.29, 0.717) is 11.5 Å². The molecular weight excluding hydrogens is 368 g/mol. The summed E-state index contributed by atoms with van der Waals surface area (Å²) >= 11 is 1.53. The third-order valence-corrected chi connectivity index (χ3v) is 5.24. The normalized spacial score (nSPS) is 13.0. The van der Waals surface area contributed by atoms with Crippen LogP contribution in [0.1, 0.15) is 29.9 Å². The highest BCUT2D eigenvalue weighted by atomic mass is 32.1. The van der Waals surface area contributed by atoms with Gasteiger partial charge in [0.1, 0.15) is 11.2 Å². The van der Waals surface area contributed by atoms with Gasteiger partial charge in [0.05, 0.1) is 22.0 Å². The van der Waals surface area contributed by atoms with Crippen LogP contribution in [0.4, 0.5) is 0 Å². The molecule has 0 aliphatic heterocycles. The fourth-order valence-corrected chi connectivity index (χ4v) is 3.68. The number of fused-ring (bicyclic) bond motifs is 1. The van der Waals surface area contributed by atoms with Crippen molar-refractivity contribution in [3.63, 3.8) is 0 Å². The van der Waals surface area contributed by atoms with Crippen LogP contribution in [-0.2, 0) is 0 Å². The highest BCUT2D eigenvalue weighted by molar-refractivity contribution is 7.17. The predicted octanol–water partition coefficient (Wildman–Crippen LogP) is 2.90. The third-order valence-electron chi connectivity index (χ3n) is 4.25. The molecule has 2 atom stereocenters. The van der Waals surface area contributed by atoms with E-state index >= 15 is 0 Å². The number of aromatic nitrogens is 4. The van der Waals surface area contributed by atoms with Crippen molar-refractivity contribution >= 4 is 21.6 Å². The minimum Gasteiger partial charge on any atom is -0.326 e. The maximum atomic E-state index is 6.36. The Morgan fingerprint density at radius 2 is 1.82 bits per heavy atom. The summed E-state index contributed by atoms with van der Waals surface area (Å²) in [5, 5.41) is 1.98. The molecule has 28 heavy (non-hydrogen) atoms. The van der Waals surface area contributed by atoms with Crippen molar-refractivity contribution in [2.45, 2.75) is 19.0 Å². The molecule has 0 amide bonds. The van der Waals surface area contributed by atoms with Gasteiger partial charge < -0.3 is 11.5 Å². The number of hydrogen-bond donors (Lipinski definition) is 2. The number of nitrogens with two attached hydrogens (primary N) is 2. The van der Waals surface area contributed by atoms with E-state index in [0.717, 1.165) is 27.0 Å². The molecule has 4 heterocycles. The first-order valence-corrected chi connectivity index (χ1v) is 9.65. The molecule has 0 aromatic carbocycles. The van der Waals surface area contributed by atoms with Crippen molar-refractivity contribution in [3.8, 4) is 23.2 Å². The van der Waals surface area contributed by atoms with Crippen LogP contribution in [0.25, 0.3) is 21.6 Å². The van der Waals surface area contributed by atoms with Crippen LogP contribution in [0.3, 0.4) is 0 Å². The lowest BCUT2D eigenvalue weighted by Crippen LogP contribution is -2.32. The summed E-state index contributed by atoms with van der Waals surface area (Å²) < 4.78 is 0.910. The summed E-state index contributed by atoms with van der Waals surface area (Å²) in [5.41, 5.74) is 16.3. The van der Waals surface area contributed by atoms with Gasteiger partial charge in [-0.3, -0.25) is 4.98 Å². The zero-order valence-corrected chi connectivity index (χ0v) is 16.0. The van der Waals surface area contributed by atoms with Gasteiger partial charge in [-0.2, -0.15) is 0 Å². The Kier molecular flexibility index (Phi) is 5.08. The summed E-state index contributed by atoms with van der Waals surface area (Å²) in [6.07, 6.45) is 5.14. The second-order valence-electron chi connectivity index (χ2n) is 6.35. The van der Waals surface area contributed by atoms with Crippen molar-refractivity contribution in [2.75, 3.05) is 0 Å². The minimum absolute atomic E-state index is 0.242. The molecule has 0 aliphatic rings. The van der Waals surface area contributed by atoms with Crippen molar-refractivity contribution in [1.82, 2.24) is 19.9 Å². The van der Waals surface area contributed by atoms with Crippen LogP contribution >= 0.6 is 11.3 Å². The lowest BCUT2D eigenvalue weighted by Gasteiger charge is -2.16. The van der Waals surface area contributed by atoms with Gasteiger partial charge >= 0.3 is 0 Å². The molecule has 0 bridgehead atoms. The largest absolute Gasteiger partial charge is 0.326 e. The van der Waals surface area contributed by atoms with E-state index in [2.05, 4.69) is 21.8 Å². The van der Waals surface area contributed by atoms with Gasteiger partial charge in [-0.1, -0.05) is 12.0 Å². The smallest absolute Gasteiger partial charge is 0.160 e. The van der Waals surface area contributed by atoms with E-state index in [1.54, 1.807) is 18.6 Å². The van der Waals surface area contributed by atoms with E-state index in [4.69, 9.17) is 21.4 Å². The van der Waals surface area contributed by atoms with Crippen LogP contribution in [0.5, 0.6) is 0 Å². The first-order chi connectivity index (χ1) is 13.6. The molecule has 0 fully saturated rings. The average Bonchev–Trinajstić information content (AvgIpc) is 3.15. The van der Waals surface area contributed by atoms with Crippen LogP contribution < -0.4 is 11.5 Å². The molecule has 138 valence electrons. The number of rotatable bonds is 3. The number of pyridine rings is 2. The predicted molar refractivity (Wildman–Crippen MR) is 111 cm³/mol. The molecule has 0 saturated carbocycles. The lowest BCUT2D eigenvalue weighted by molar-refractivity contribution is 0.579. The molecule has 0 spiro atoms. The third kappa shape index (κ3) is 3.62. The topological polar surface area (TPSA) is 104 Å². The minimum atomic E-state index is -0.402. The zero-order chi connectivity index (χ0) is 19.5. The highest BCUT2D eigenvalue weighted by Crippen LogP contribution is 2.32. The van der Waals surface area contributed by atoms with Crippen molar-refractivity contribution < 1.29 is 0 Å². The Morgan fingerprint density at radius 3 is 2.54 bits per heavy atom. The fourth-order valence-electron chi connectivity index (χ4n) is 2.70. The summed E-state index contributed by atoms with van der Waals surface area (Å²) in [6.45, 7) is 1.88. The Labute approximate surface area is 166 Å². The zero-order valence-electron chi connectivity index (χ0n) is 15.2. The number of nitrogens with zero attached hydrogens (tertiary/aromatic N) is 4. The monoisotopic (exact) mass is 386 g/mol. The second-order valence-corrected chi connectivity index (χ2v) is 7.22. The Hall–Kier alpha value is -3.18. The highest BCUT2D eigenvalue weighted by Gasteiger charge is 2.21. The van der Waals surface area contributed by atoms with Crippen LogP contribution in [0, 0.1) is 11.8 Å². The van der Waals surface area contributed by atoms with Crippen LogP contribution in [0.2, 0.25) is 0 Å². The maximum absolute atomic E-state index is 6.36. The van der Waals surface area contributed by atoms with Gasteiger partial charge in [0.25, 0.3) is 0 Å². The number of hydrogen-bond acceptors (Lipinski definition) is 7. The summed E-state index contributed by atoms with van der Waals surface area (Å²) in [5.74, 6) is 6.85. The summed E-state index contributed by atoms with van der Waals surface area (Å²) in [7, 11) is 0. The molecular formula is C21H18N6S. The molecule has 4 rings (SSSR count). The van der Waals surface area contributed by atoms with Gasteiger partial charge in [0.2, 0.25) is 0 Å². The molecule has 2 unspecified atom stereocenters. The van der Waals surface area contributed by atoms with E-state index < -0.39 is 6.04 Å². The quantitative estimate of drug-likeness (QED) is 0.525. The van der Waals surface area contributed by atoms with E-state index in [1.807, 2.05) is 42.6 Å². The first-order valence-electron chi connectivity index (χ1n) is 8.77. The van der Waals surface area contributed by atoms with E-state index in [-0.39, 0.29) is 6.04 Å². The molecule has 4 aromatic heterocycles. The summed E-state index contributed by atoms with van der Waals surface area (Å²) in [6, 6.07) is 8.74. The summed E-state index contributed by atoms with van der Waals surface area (Å²) in [4.78, 5) is 17.8. The lowest BCUT2D eigenvalue weighted by atomic mass is 10.1. The molecule has 4 N–H and O–H groups in total. The van der Waals surface area contributed by atoms with E-state index in [1.165, 1.54) is 11.3 Å². The molecule has 6 nitrogen and oxygen atoms in total. The SMILES string of the molecule is CC(N)C(N)c1nc(-c2ccncc2)nc2c(C#Cc3ccccn3)csc12. The van der Waals surface area contributed by atoms with Crippen LogP contribution in [-0.4, -0.2) is 26.0 Å². The van der Waals surface area contributed by atoms with Gasteiger partial charge in [0.15, 0.2) is 5.82 Å². The molecule has 0 aliphatic carbocycles. The van der Waals surface area contributed by atoms with Gasteiger partial charge in [-0.25, -0.2) is 15.0 Å². The second kappa shape index (κ2) is 7.82. The molecule has 0 radical (unpaired) electrons. The average molecular weight is 386 g/mol.